The molecular formula is C78H70BBr3K4N3O22S. The van der Waals surface area contributed by atoms with Crippen LogP contribution in [-0.2, 0) is 80.5 Å². The van der Waals surface area contributed by atoms with Crippen LogP contribution < -0.4 is 260 Å². The predicted molar refractivity (Wildman–Crippen MR) is 419 cm³/mol. The molecule has 1 atom stereocenters. The van der Waals surface area contributed by atoms with Crippen LogP contribution in [0.2, 0.25) is 0 Å². The molecular weight excluding hydrogens is 1770 g/mol. The Hall–Kier alpha value is -4.91. The van der Waals surface area contributed by atoms with Crippen LogP contribution in [-0.4, -0.2) is 49.3 Å². The Morgan fingerprint density at radius 1 is 0.562 bits per heavy atom. The second kappa shape index (κ2) is 58.0. The van der Waals surface area contributed by atoms with Gasteiger partial charge in [-0.25, -0.2) is 24.0 Å². The minimum absolute atomic E-state index is 0. The van der Waals surface area contributed by atoms with Crippen molar-refractivity contribution in [1.29, 1.82) is 0 Å². The predicted octanol–water partition coefficient (Wildman–Crippen LogP) is -0.328. The average Bonchev–Trinajstić information content (AvgIpc) is 0.784. The number of nitrogens with one attached hydrogen (secondary N) is 2. The van der Waals surface area contributed by atoms with E-state index in [0.29, 0.717) is 69.0 Å². The molecule has 0 saturated heterocycles. The first-order valence-corrected chi connectivity index (χ1v) is 35.0. The smallest absolute Gasteiger partial charge is 1.00 e. The van der Waals surface area contributed by atoms with E-state index in [0.717, 1.165) is 65.8 Å². The molecule has 12 aromatic rings. The van der Waals surface area contributed by atoms with Crippen LogP contribution >= 0.6 is 60.6 Å². The Balaban J connectivity index is -0.00000132. The number of halogens is 3. The first-order chi connectivity index (χ1) is 51.9. The fourth-order valence-corrected chi connectivity index (χ4v) is 11.3. The molecule has 0 aliphatic heterocycles. The number of hydrogen-bond donors (Lipinski definition) is 4. The Kier molecular flexibility index (Phi) is 54.5. The van der Waals surface area contributed by atoms with Crippen molar-refractivity contribution in [2.45, 2.75) is 76.5 Å². The van der Waals surface area contributed by atoms with E-state index < -0.39 is 41.1 Å². The zero-order valence-corrected chi connectivity index (χ0v) is 79.1. The van der Waals surface area contributed by atoms with Gasteiger partial charge in [-0.3, -0.25) is 28.8 Å². The van der Waals surface area contributed by atoms with E-state index in [1.807, 2.05) is 112 Å². The molecule has 0 bridgehead atoms. The number of nitrogens with zero attached hydrogens (tertiary/aromatic N) is 1. The molecule has 5 heterocycles. The molecule has 2 amide bonds. The van der Waals surface area contributed by atoms with Gasteiger partial charge in [0.2, 0.25) is 11.8 Å². The van der Waals surface area contributed by atoms with Crippen LogP contribution in [0.4, 0.5) is 0 Å². The molecule has 25 nitrogen and oxygen atoms in total. The van der Waals surface area contributed by atoms with Crippen LogP contribution in [0.15, 0.2) is 232 Å². The Labute approximate surface area is 847 Å². The summed E-state index contributed by atoms with van der Waals surface area (Å²) in [6.45, 7) is 6.42. The fourth-order valence-electron chi connectivity index (χ4n) is 9.84. The van der Waals surface area contributed by atoms with E-state index in [1.54, 1.807) is 48.5 Å². The minimum atomic E-state index is -0.694. The standard InChI is InChI=1S/C21H17NO4.C20H16BrNO5.C11H9BrO2.C11H10O2.C10H7BrO3.C2H2.2CH2O3.CH4.BHNS.4K.2H/c23-18-10-16-11-19-14(6-7-20(24)26-19)8-15(16)9-17(18)21(25)22-12-13-4-2-1-3-5-13;21-11-15-8-14-6-7-19(24)26-16(14)9-17(15)27-20(25)10-18(23)22-12-13-4-2-1-3-5-13;1-7-4-10-8(5-9(7)6-12)2-3-11(13)14-10;1-7-5-9-3-4-11(12)13-10(9)6-8(7)2;11-5-7-3-6-1-2-10(13)14-9(6)4-8(7)12;1-2;2*2-1-4-3;;1-2-3;;;;;;/h1-8,11,17H,9-10,12H2,(H,22,25);1-9H,10-12H2,(H,22,23);2-5H,6H2,1H3;3-6H,1-2H3;1-4,12H,5H2;1-2H;2*1,3H;1H4;3H;;;;;;/q;;;;;;;;;;4*+1;2*-1/p-2/i;;;;;1D;;;;;;;;;;. The van der Waals surface area contributed by atoms with Crippen molar-refractivity contribution in [1.82, 2.24) is 10.6 Å². The van der Waals surface area contributed by atoms with Gasteiger partial charge in [0, 0.05) is 116 Å². The van der Waals surface area contributed by atoms with Gasteiger partial charge in [-0.2, -0.15) is 0 Å². The molecule has 1 radical (unpaired) electrons. The molecule has 1 aliphatic carbocycles. The maximum absolute atomic E-state index is 12.5. The summed E-state index contributed by atoms with van der Waals surface area (Å²) >= 11 is 13.2. The molecule has 0 saturated carbocycles. The molecule has 1 aliphatic rings. The number of phenols is 1. The summed E-state index contributed by atoms with van der Waals surface area (Å²) in [5.74, 6) is -1.79. The zero-order valence-electron chi connectivity index (χ0n) is 63.9. The number of thiol groups is 1. The molecule has 0 spiro atoms. The summed E-state index contributed by atoms with van der Waals surface area (Å²) in [7, 11) is 4.34. The van der Waals surface area contributed by atoms with Crippen LogP contribution in [0.25, 0.3) is 54.8 Å². The summed E-state index contributed by atoms with van der Waals surface area (Å²) in [5, 5.41) is 38.0. The van der Waals surface area contributed by atoms with Crippen molar-refractivity contribution >= 4 is 160 Å². The normalized spacial score (nSPS) is 10.8. The molecule has 5 aromatic heterocycles. The number of amides is 2. The second-order valence-electron chi connectivity index (χ2n) is 22.2. The van der Waals surface area contributed by atoms with Gasteiger partial charge in [0.1, 0.15) is 58.9 Å². The van der Waals surface area contributed by atoms with E-state index in [4.69, 9.17) is 48.3 Å². The summed E-state index contributed by atoms with van der Waals surface area (Å²) in [6, 6.07) is 52.4. The topological polar surface area (TPSA) is 384 Å². The number of Topliss-reactive ketones (excluding diaryl/α,β-unsaturated/α-hetero) is 1. The van der Waals surface area contributed by atoms with Gasteiger partial charge in [0.25, 0.3) is 12.9 Å². The number of ketones is 1. The number of carbonyl (C=O) groups is 6. The monoisotopic (exact) mass is 1840 g/mol. The van der Waals surface area contributed by atoms with E-state index in [9.17, 15) is 48.3 Å². The van der Waals surface area contributed by atoms with Crippen molar-refractivity contribution in [2.75, 3.05) is 0 Å². The summed E-state index contributed by atoms with van der Waals surface area (Å²) < 4.78 is 39.1. The van der Waals surface area contributed by atoms with E-state index in [2.05, 4.69) is 99.4 Å². The third-order valence-corrected chi connectivity index (χ3v) is 16.9. The summed E-state index contributed by atoms with van der Waals surface area (Å²) in [6.07, 6.45) is 5.89. The van der Waals surface area contributed by atoms with Gasteiger partial charge in [-0.1, -0.05) is 116 Å². The average molecular weight is 1840 g/mol. The first kappa shape index (κ1) is 105. The van der Waals surface area contributed by atoms with Gasteiger partial charge >= 0.3 is 264 Å². The number of fused-ring (bicyclic) bond motifs is 6. The van der Waals surface area contributed by atoms with Crippen molar-refractivity contribution < 1.29 is 291 Å². The maximum Gasteiger partial charge on any atom is 1.00 e. The van der Waals surface area contributed by atoms with Crippen molar-refractivity contribution in [2.24, 2.45) is 10.2 Å². The Morgan fingerprint density at radius 2 is 0.920 bits per heavy atom. The number of aryl methyl sites for hydroxylation is 3. The Bertz CT molecular complexity index is 5390. The zero-order chi connectivity index (χ0) is 79.2. The van der Waals surface area contributed by atoms with Gasteiger partial charge in [-0.05, 0) is 151 Å². The third-order valence-electron chi connectivity index (χ3n) is 15.1. The van der Waals surface area contributed by atoms with Crippen molar-refractivity contribution in [3.63, 3.8) is 0 Å². The molecule has 0 fully saturated rings. The van der Waals surface area contributed by atoms with Crippen LogP contribution in [0.3, 0.4) is 0 Å². The Morgan fingerprint density at radius 3 is 1.35 bits per heavy atom. The van der Waals surface area contributed by atoms with Crippen LogP contribution in [0, 0.1) is 39.5 Å². The van der Waals surface area contributed by atoms with Crippen molar-refractivity contribution in [3.05, 3.63) is 290 Å². The van der Waals surface area contributed by atoms with Gasteiger partial charge < -0.3 is 65.7 Å². The molecule has 7 aromatic carbocycles. The molecule has 563 valence electrons. The molecule has 112 heavy (non-hydrogen) atoms. The number of aromatic hydroxyl groups is 1. The largest absolute Gasteiger partial charge is 1.00 e. The van der Waals surface area contributed by atoms with E-state index >= 15 is 0 Å². The van der Waals surface area contributed by atoms with E-state index in [1.165, 1.54) is 60.0 Å². The van der Waals surface area contributed by atoms with Crippen molar-refractivity contribution in [3.8, 4) is 24.3 Å². The first-order valence-electron chi connectivity index (χ1n) is 31.7. The number of ether oxygens (including phenoxy) is 1. The minimum Gasteiger partial charge on any atom is -1.00 e. The maximum atomic E-state index is 12.5. The molecule has 3 N–H and O–H groups in total. The van der Waals surface area contributed by atoms with Gasteiger partial charge in [0.15, 0.2) is 0 Å². The van der Waals surface area contributed by atoms with E-state index in [-0.39, 0.29) is 270 Å². The SMILES string of the molecule is C.Cc1cc2ccc(=O)oc2cc1C.Cc1cc2oc(=O)ccc2cc1CBr.O=C(CC(=O)Oc1cc2oc(=O)ccc2cc1CBr)NCc1ccccc1.O=C1Cc2cc3oc(=O)ccc3cc2CC1C(=O)NCc1ccccc1.O=CO[O-].O=CO[O-].O=c1ccc2cc(CBr)c(O)cc2o1.[2H]C#C.[B]=NS.[H-].[H-].[K+].[K+].[K+].[K+]. The number of rotatable bonds is 13. The molecule has 34 heteroatoms. The van der Waals surface area contributed by atoms with Crippen LogP contribution in [0.1, 0.15) is 73.7 Å². The number of terminal acetylenes is 1. The quantitative estimate of drug-likeness (QED) is 0.00981. The number of alkyl halides is 3. The van der Waals surface area contributed by atoms with Gasteiger partial charge in [-0.15, -0.1) is 12.8 Å². The van der Waals surface area contributed by atoms with Gasteiger partial charge in [0.05, 0.1) is 0 Å². The second-order valence-corrected chi connectivity index (χ2v) is 24.1. The van der Waals surface area contributed by atoms with Crippen LogP contribution in [0.5, 0.6) is 11.5 Å². The molecule has 1 unspecified atom stereocenters. The third kappa shape index (κ3) is 35.9. The fraction of sp³-hybridized carbons (Fsp3) is 0.167. The number of hydrogen-bond acceptors (Lipinski definition) is 24. The number of phenolic OH excluding ortho intramolecular Hbond substituents is 1. The number of carbonyl (C=O) groups excluding carboxylic acids is 6. The number of benzene rings is 7. The number of esters is 1. The molecule has 13 rings (SSSR count). The summed E-state index contributed by atoms with van der Waals surface area (Å²) in [4.78, 5) is 127. The summed E-state index contributed by atoms with van der Waals surface area (Å²) in [5.41, 5.74) is 10.4.